The number of nitrogens with zero attached hydrogens (tertiary/aromatic N) is 2. The maximum Gasteiger partial charge on any atom is 0.177 e. The van der Waals surface area contributed by atoms with Crippen LogP contribution >= 0.6 is 0 Å². The number of fused-ring (bicyclic) bond motifs is 1. The minimum absolute atomic E-state index is 0.0542. The normalized spacial score (nSPS) is 14.0. The van der Waals surface area contributed by atoms with Gasteiger partial charge in [0.15, 0.2) is 5.65 Å². The number of aromatic amines is 1. The molecule has 0 saturated carbocycles. The van der Waals surface area contributed by atoms with Crippen molar-refractivity contribution in [3.05, 3.63) is 24.2 Å². The molecular weight excluding hydrogens is 240 g/mol. The molecule has 17 heavy (non-hydrogen) atoms. The lowest BCUT2D eigenvalue weighted by Crippen LogP contribution is -2.16. The molecule has 2 rings (SSSR count). The van der Waals surface area contributed by atoms with Crippen LogP contribution in [0.25, 0.3) is 11.2 Å². The predicted octanol–water partition coefficient (Wildman–Crippen LogP) is 0.392. The van der Waals surface area contributed by atoms with Crippen LogP contribution in [0.3, 0.4) is 0 Å². The molecule has 0 bridgehead atoms. The van der Waals surface area contributed by atoms with Gasteiger partial charge in [0, 0.05) is 12.5 Å². The van der Waals surface area contributed by atoms with Gasteiger partial charge < -0.3 is 10.7 Å². The summed E-state index contributed by atoms with van der Waals surface area (Å²) in [4.78, 5) is 11.3. The molecule has 3 N–H and O–H groups in total. The van der Waals surface area contributed by atoms with E-state index < -0.39 is 15.9 Å². The molecule has 92 valence electrons. The number of sulfone groups is 1. The van der Waals surface area contributed by atoms with E-state index >= 15 is 0 Å². The molecule has 7 heteroatoms. The molecule has 0 aliphatic rings. The maximum absolute atomic E-state index is 11.0. The second-order valence-electron chi connectivity index (χ2n) is 4.02. The van der Waals surface area contributed by atoms with Gasteiger partial charge in [-0.3, -0.25) is 0 Å². The van der Waals surface area contributed by atoms with Crippen molar-refractivity contribution in [2.45, 2.75) is 12.5 Å². The van der Waals surface area contributed by atoms with E-state index in [0.29, 0.717) is 17.9 Å². The fourth-order valence-electron chi connectivity index (χ4n) is 1.52. The fourth-order valence-corrected chi connectivity index (χ4v) is 2.20. The third kappa shape index (κ3) is 3.01. The Balaban J connectivity index is 2.16. The van der Waals surface area contributed by atoms with Gasteiger partial charge in [0.25, 0.3) is 0 Å². The number of aromatic nitrogens is 3. The van der Waals surface area contributed by atoms with Gasteiger partial charge in [-0.2, -0.15) is 0 Å². The molecule has 0 radical (unpaired) electrons. The van der Waals surface area contributed by atoms with Crippen LogP contribution in [0.15, 0.2) is 18.3 Å². The second-order valence-corrected chi connectivity index (χ2v) is 6.28. The Labute approximate surface area is 99.2 Å². The largest absolute Gasteiger partial charge is 0.339 e. The van der Waals surface area contributed by atoms with E-state index in [1.165, 1.54) is 6.26 Å². The zero-order valence-corrected chi connectivity index (χ0v) is 10.2. The first-order valence-electron chi connectivity index (χ1n) is 5.19. The van der Waals surface area contributed by atoms with Crippen LogP contribution in [0.2, 0.25) is 0 Å². The van der Waals surface area contributed by atoms with Gasteiger partial charge in [0.1, 0.15) is 15.7 Å². The fraction of sp³-hybridized carbons (Fsp3) is 0.400. The molecule has 2 aromatic heterocycles. The Morgan fingerprint density at radius 2 is 2.29 bits per heavy atom. The summed E-state index contributed by atoms with van der Waals surface area (Å²) in [6.45, 7) is 0. The Morgan fingerprint density at radius 3 is 2.94 bits per heavy atom. The summed E-state index contributed by atoms with van der Waals surface area (Å²) >= 11 is 0. The van der Waals surface area contributed by atoms with Crippen LogP contribution in [0.4, 0.5) is 0 Å². The summed E-state index contributed by atoms with van der Waals surface area (Å²) in [5.41, 5.74) is 7.28. The van der Waals surface area contributed by atoms with Crippen molar-refractivity contribution in [2.24, 2.45) is 5.73 Å². The number of hydrogen-bond donors (Lipinski definition) is 2. The third-order valence-corrected chi connectivity index (χ3v) is 3.40. The number of rotatable bonds is 4. The number of nitrogens with one attached hydrogen (secondary N) is 1. The summed E-state index contributed by atoms with van der Waals surface area (Å²) in [5, 5.41) is 0. The Kier molecular flexibility index (Phi) is 3.12. The van der Waals surface area contributed by atoms with Gasteiger partial charge in [0.2, 0.25) is 0 Å². The first-order chi connectivity index (χ1) is 7.96. The molecule has 1 atom stereocenters. The molecule has 2 heterocycles. The van der Waals surface area contributed by atoms with E-state index in [4.69, 9.17) is 5.73 Å². The molecule has 1 unspecified atom stereocenters. The van der Waals surface area contributed by atoms with Crippen molar-refractivity contribution in [1.82, 2.24) is 15.0 Å². The van der Waals surface area contributed by atoms with Crippen molar-refractivity contribution in [3.63, 3.8) is 0 Å². The van der Waals surface area contributed by atoms with Crippen LogP contribution in [0.5, 0.6) is 0 Å². The molecule has 6 nitrogen and oxygen atoms in total. The van der Waals surface area contributed by atoms with Gasteiger partial charge in [-0.15, -0.1) is 0 Å². The molecule has 0 aromatic carbocycles. The maximum atomic E-state index is 11.0. The Hall–Kier alpha value is -1.47. The van der Waals surface area contributed by atoms with Crippen LogP contribution in [-0.2, 0) is 9.84 Å². The average Bonchev–Trinajstić information content (AvgIpc) is 2.68. The highest BCUT2D eigenvalue weighted by molar-refractivity contribution is 7.90. The summed E-state index contributed by atoms with van der Waals surface area (Å²) in [5.74, 6) is 0.626. The topological polar surface area (TPSA) is 102 Å². The molecule has 0 saturated heterocycles. The van der Waals surface area contributed by atoms with E-state index in [1.54, 1.807) is 12.3 Å². The number of imidazole rings is 1. The molecule has 0 spiro atoms. The van der Waals surface area contributed by atoms with Crippen LogP contribution in [-0.4, -0.2) is 35.4 Å². The van der Waals surface area contributed by atoms with E-state index in [2.05, 4.69) is 15.0 Å². The number of H-pyrrole nitrogens is 1. The Bertz CT molecular complexity index is 587. The molecule has 0 aliphatic heterocycles. The minimum atomic E-state index is -2.99. The predicted molar refractivity (Wildman–Crippen MR) is 65.1 cm³/mol. The zero-order valence-electron chi connectivity index (χ0n) is 9.42. The summed E-state index contributed by atoms with van der Waals surface area (Å²) in [6.07, 6.45) is 3.19. The third-order valence-electron chi connectivity index (χ3n) is 2.43. The summed E-state index contributed by atoms with van der Waals surface area (Å²) < 4.78 is 22.1. The van der Waals surface area contributed by atoms with Crippen molar-refractivity contribution in [2.75, 3.05) is 12.0 Å². The van der Waals surface area contributed by atoms with Gasteiger partial charge in [-0.25, -0.2) is 18.4 Å². The van der Waals surface area contributed by atoms with Gasteiger partial charge in [-0.05, 0) is 18.6 Å². The summed E-state index contributed by atoms with van der Waals surface area (Å²) in [6, 6.07) is 3.23. The molecule has 2 aromatic rings. The van der Waals surface area contributed by atoms with Crippen molar-refractivity contribution >= 4 is 21.0 Å². The van der Waals surface area contributed by atoms with E-state index in [9.17, 15) is 8.42 Å². The smallest absolute Gasteiger partial charge is 0.177 e. The zero-order chi connectivity index (χ0) is 12.5. The number of hydrogen-bond acceptors (Lipinski definition) is 5. The lowest BCUT2D eigenvalue weighted by Gasteiger charge is -2.06. The molecule has 0 aliphatic carbocycles. The second kappa shape index (κ2) is 4.42. The van der Waals surface area contributed by atoms with Crippen molar-refractivity contribution in [1.29, 1.82) is 0 Å². The quantitative estimate of drug-likeness (QED) is 0.822. The summed E-state index contributed by atoms with van der Waals surface area (Å²) in [7, 11) is -2.99. The number of nitrogens with two attached hydrogens (primary N) is 1. The highest BCUT2D eigenvalue weighted by Gasteiger charge is 2.14. The van der Waals surface area contributed by atoms with Crippen molar-refractivity contribution < 1.29 is 8.42 Å². The monoisotopic (exact) mass is 254 g/mol. The number of pyridine rings is 1. The first-order valence-corrected chi connectivity index (χ1v) is 7.26. The molecule has 0 amide bonds. The van der Waals surface area contributed by atoms with Crippen LogP contribution < -0.4 is 5.73 Å². The molecular formula is C10H14N4O2S. The van der Waals surface area contributed by atoms with Gasteiger partial charge in [-0.1, -0.05) is 0 Å². The molecule has 0 fully saturated rings. The van der Waals surface area contributed by atoms with Crippen LogP contribution in [0.1, 0.15) is 18.3 Å². The van der Waals surface area contributed by atoms with Gasteiger partial charge >= 0.3 is 0 Å². The Morgan fingerprint density at radius 1 is 1.53 bits per heavy atom. The van der Waals surface area contributed by atoms with E-state index in [1.807, 2.05) is 6.07 Å². The minimum Gasteiger partial charge on any atom is -0.339 e. The lowest BCUT2D eigenvalue weighted by atomic mass is 10.2. The average molecular weight is 254 g/mol. The lowest BCUT2D eigenvalue weighted by molar-refractivity contribution is 0.588. The van der Waals surface area contributed by atoms with E-state index in [0.717, 1.165) is 5.52 Å². The van der Waals surface area contributed by atoms with Gasteiger partial charge in [0.05, 0.1) is 17.3 Å². The van der Waals surface area contributed by atoms with E-state index in [-0.39, 0.29) is 5.75 Å². The highest BCUT2D eigenvalue weighted by atomic mass is 32.2. The highest BCUT2D eigenvalue weighted by Crippen LogP contribution is 2.15. The van der Waals surface area contributed by atoms with Crippen LogP contribution in [0, 0.1) is 0 Å². The SMILES string of the molecule is CS(=O)(=O)CCC(N)c1nc2ncccc2[nH]1. The van der Waals surface area contributed by atoms with Crippen molar-refractivity contribution in [3.8, 4) is 0 Å². The standard InChI is InChI=1S/C10H14N4O2S/c1-17(15,16)6-4-7(11)9-13-8-3-2-5-12-10(8)14-9/h2-3,5,7H,4,6,11H2,1H3,(H,12,13,14). The first kappa shape index (κ1) is 12.0.